The predicted octanol–water partition coefficient (Wildman–Crippen LogP) is 2.31. The summed E-state index contributed by atoms with van der Waals surface area (Å²) < 4.78 is 0. The van der Waals surface area contributed by atoms with Crippen LogP contribution in [-0.2, 0) is 0 Å². The minimum Gasteiger partial charge on any atom is -0.507 e. The van der Waals surface area contributed by atoms with Crippen molar-refractivity contribution in [3.8, 4) is 23.0 Å². The van der Waals surface area contributed by atoms with Gasteiger partial charge in [-0.25, -0.2) is 0 Å². The molecule has 0 radical (unpaired) electrons. The summed E-state index contributed by atoms with van der Waals surface area (Å²) in [5, 5.41) is 86.1. The highest BCUT2D eigenvalue weighted by atomic mass is 16.3. The van der Waals surface area contributed by atoms with Gasteiger partial charge >= 0.3 is 0 Å². The third kappa shape index (κ3) is 10.7. The Morgan fingerprint density at radius 1 is 0.297 bits per heavy atom. The second-order valence-electron chi connectivity index (χ2n) is 15.4. The molecule has 0 fully saturated rings. The van der Waals surface area contributed by atoms with Crippen LogP contribution >= 0.6 is 0 Å². The normalized spacial score (nSPS) is 12.7. The molecule has 0 spiro atoms. The van der Waals surface area contributed by atoms with E-state index in [1.54, 1.807) is 24.3 Å². The lowest BCUT2D eigenvalue weighted by molar-refractivity contribution is 0.0975. The van der Waals surface area contributed by atoms with Crippen LogP contribution in [0.5, 0.6) is 23.0 Å². The number of ketones is 4. The van der Waals surface area contributed by atoms with Gasteiger partial charge in [0.25, 0.3) is 0 Å². The molecule has 4 aromatic carbocycles. The molecule has 342 valence electrons. The number of benzene rings is 4. The highest BCUT2D eigenvalue weighted by Crippen LogP contribution is 2.44. The van der Waals surface area contributed by atoms with Gasteiger partial charge in [-0.1, -0.05) is 0 Å². The lowest BCUT2D eigenvalue weighted by atomic mass is 9.81. The van der Waals surface area contributed by atoms with Crippen LogP contribution in [0.2, 0.25) is 0 Å². The third-order valence-electron chi connectivity index (χ3n) is 11.0. The maximum absolute atomic E-state index is 13.8. The summed E-state index contributed by atoms with van der Waals surface area (Å²) in [6.45, 7) is 6.66. The fourth-order valence-electron chi connectivity index (χ4n) is 7.92. The van der Waals surface area contributed by atoms with E-state index < -0.39 is 23.1 Å². The van der Waals surface area contributed by atoms with E-state index in [4.69, 9.17) is 10.2 Å². The number of phenolic OH excluding ortho intramolecular Hbond substituents is 4. The van der Waals surface area contributed by atoms with Gasteiger partial charge in [-0.3, -0.25) is 19.2 Å². The first-order valence-corrected chi connectivity index (χ1v) is 21.7. The van der Waals surface area contributed by atoms with Crippen molar-refractivity contribution in [2.24, 2.45) is 0 Å². The summed E-state index contributed by atoms with van der Waals surface area (Å²) in [5.74, 6) is -3.79. The molecule has 0 amide bonds. The van der Waals surface area contributed by atoms with Crippen molar-refractivity contribution < 1.29 is 49.8 Å². The van der Waals surface area contributed by atoms with Crippen molar-refractivity contribution in [3.05, 3.63) is 93.0 Å². The molecule has 64 heavy (non-hydrogen) atoms. The van der Waals surface area contributed by atoms with Gasteiger partial charge in [0.15, 0.2) is 0 Å². The Balaban J connectivity index is 0.922. The number of hydrogen-bond donors (Lipinski definition) is 14. The average molecular weight is 883 g/mol. The van der Waals surface area contributed by atoms with Gasteiger partial charge in [0.2, 0.25) is 23.1 Å². The van der Waals surface area contributed by atoms with E-state index in [2.05, 4.69) is 42.5 Å². The second kappa shape index (κ2) is 22.9. The van der Waals surface area contributed by atoms with E-state index in [1.807, 2.05) is 0 Å². The molecule has 0 aromatic heterocycles. The van der Waals surface area contributed by atoms with Crippen LogP contribution < -0.4 is 42.5 Å². The first-order chi connectivity index (χ1) is 31.1. The van der Waals surface area contributed by atoms with E-state index >= 15 is 0 Å². The highest BCUT2D eigenvalue weighted by Gasteiger charge is 2.39. The monoisotopic (exact) mass is 882 g/mol. The molecule has 0 aliphatic heterocycles. The number of aliphatic hydroxyl groups is 2. The third-order valence-corrected chi connectivity index (χ3v) is 11.0. The summed E-state index contributed by atoms with van der Waals surface area (Å²) in [5.41, 5.74) is 1.35. The van der Waals surface area contributed by atoms with E-state index in [0.717, 1.165) is 38.8 Å². The number of hydrogen-bond acceptors (Lipinski definition) is 18. The molecule has 0 heterocycles. The van der Waals surface area contributed by atoms with E-state index in [0.29, 0.717) is 88.2 Å². The second-order valence-corrected chi connectivity index (χ2v) is 15.4. The number of phenols is 4. The molecule has 18 nitrogen and oxygen atoms in total. The number of rotatable bonds is 27. The summed E-state index contributed by atoms with van der Waals surface area (Å²) >= 11 is 0. The SMILES string of the molecule is O=C1c2c(O)ccc(O)c2C(=O)c2c(NCCNCCO)ccc(NCCCNCCCCNCCCNc3ccc(NCCNCCO)c4c3C(=O)c3c(O)ccc(O)c3C4=O)c21. The van der Waals surface area contributed by atoms with Crippen LogP contribution in [0, 0.1) is 0 Å². The Bertz CT molecular complexity index is 2180. The van der Waals surface area contributed by atoms with Crippen LogP contribution in [0.1, 0.15) is 89.4 Å². The van der Waals surface area contributed by atoms with Gasteiger partial charge in [0, 0.05) is 75.1 Å². The van der Waals surface area contributed by atoms with Crippen LogP contribution in [0.15, 0.2) is 48.5 Å². The quantitative estimate of drug-likeness (QED) is 0.0261. The van der Waals surface area contributed by atoms with E-state index in [-0.39, 0.29) is 80.7 Å². The molecule has 0 saturated heterocycles. The molecule has 0 bridgehead atoms. The standard InChI is InChI=1S/C46H58N8O10/c55-25-23-49-19-21-53-29-7-5-27(35-37(29)45(63)41-33(59)11-9-31(57)39(41)43(35)61)51-17-3-15-47-13-1-2-14-48-16-4-18-52-28-6-8-30(54-22-20-50-24-26-56)38-36(28)44(62)40-32(58)10-12-34(60)42(40)46(38)64/h5-12,47-60H,1-4,13-26H2. The van der Waals surface area contributed by atoms with Gasteiger partial charge in [-0.15, -0.1) is 0 Å². The fraction of sp³-hybridized carbons (Fsp3) is 0.391. The maximum atomic E-state index is 13.8. The molecular formula is C46H58N8O10. The lowest BCUT2D eigenvalue weighted by Gasteiger charge is -2.25. The maximum Gasteiger partial charge on any atom is 0.200 e. The molecule has 6 rings (SSSR count). The zero-order chi connectivity index (χ0) is 45.6. The van der Waals surface area contributed by atoms with Crippen molar-refractivity contribution in [1.82, 2.24) is 21.3 Å². The van der Waals surface area contributed by atoms with Crippen molar-refractivity contribution in [2.45, 2.75) is 25.7 Å². The summed E-state index contributed by atoms with van der Waals surface area (Å²) in [6.07, 6.45) is 3.32. The molecular weight excluding hydrogens is 825 g/mol. The zero-order valence-corrected chi connectivity index (χ0v) is 35.7. The van der Waals surface area contributed by atoms with Gasteiger partial charge in [-0.05, 0) is 100 Å². The molecule has 4 aromatic rings. The first kappa shape index (κ1) is 47.2. The van der Waals surface area contributed by atoms with E-state index in [9.17, 15) is 39.6 Å². The topological polar surface area (TPSA) is 286 Å². The number of carbonyl (C=O) groups excluding carboxylic acids is 4. The molecule has 0 saturated carbocycles. The Morgan fingerprint density at radius 3 is 0.859 bits per heavy atom. The van der Waals surface area contributed by atoms with Crippen LogP contribution in [0.4, 0.5) is 22.7 Å². The number of nitrogens with one attached hydrogen (secondary N) is 8. The smallest absolute Gasteiger partial charge is 0.200 e. The molecule has 2 aliphatic carbocycles. The Morgan fingerprint density at radius 2 is 0.562 bits per heavy atom. The largest absolute Gasteiger partial charge is 0.507 e. The van der Waals surface area contributed by atoms with Crippen LogP contribution in [0.25, 0.3) is 0 Å². The summed E-state index contributed by atoms with van der Waals surface area (Å²) in [6, 6.07) is 11.6. The number of carbonyl (C=O) groups is 4. The number of anilines is 4. The fourth-order valence-corrected chi connectivity index (χ4v) is 7.92. The Labute approximate surface area is 370 Å². The van der Waals surface area contributed by atoms with E-state index in [1.165, 1.54) is 24.3 Å². The number of aliphatic hydroxyl groups excluding tert-OH is 2. The average Bonchev–Trinajstić information content (AvgIpc) is 3.28. The Kier molecular flexibility index (Phi) is 16.9. The van der Waals surface area contributed by atoms with Crippen LogP contribution in [0.3, 0.4) is 0 Å². The molecule has 18 heteroatoms. The van der Waals surface area contributed by atoms with Crippen molar-refractivity contribution >= 4 is 45.9 Å². The van der Waals surface area contributed by atoms with Gasteiger partial charge in [-0.2, -0.15) is 0 Å². The van der Waals surface area contributed by atoms with Crippen molar-refractivity contribution in [2.75, 3.05) is 113 Å². The number of aromatic hydroxyl groups is 4. The summed E-state index contributed by atoms with van der Waals surface area (Å²) in [4.78, 5) is 55.1. The number of fused-ring (bicyclic) bond motifs is 4. The minimum absolute atomic E-state index is 0.0124. The van der Waals surface area contributed by atoms with Crippen LogP contribution in [-0.4, -0.2) is 146 Å². The lowest BCUT2D eigenvalue weighted by Crippen LogP contribution is -2.28. The van der Waals surface area contributed by atoms with Crippen molar-refractivity contribution in [3.63, 3.8) is 0 Å². The van der Waals surface area contributed by atoms with Crippen molar-refractivity contribution in [1.29, 1.82) is 0 Å². The number of unbranched alkanes of at least 4 members (excludes halogenated alkanes) is 1. The van der Waals surface area contributed by atoms with Gasteiger partial charge in [0.1, 0.15) is 23.0 Å². The molecule has 0 atom stereocenters. The predicted molar refractivity (Wildman–Crippen MR) is 244 cm³/mol. The molecule has 14 N–H and O–H groups in total. The minimum atomic E-state index is -0.567. The van der Waals surface area contributed by atoms with Gasteiger partial charge in [0.05, 0.1) is 57.7 Å². The first-order valence-electron chi connectivity index (χ1n) is 21.7. The zero-order valence-electron chi connectivity index (χ0n) is 35.7. The molecule has 0 unspecified atom stereocenters. The van der Waals surface area contributed by atoms with Gasteiger partial charge < -0.3 is 73.2 Å². The Hall–Kier alpha value is -6.28. The summed E-state index contributed by atoms with van der Waals surface area (Å²) in [7, 11) is 0. The molecule has 2 aliphatic rings. The highest BCUT2D eigenvalue weighted by molar-refractivity contribution is 6.34.